The Kier molecular flexibility index (Phi) is 5.98. The van der Waals surface area contributed by atoms with E-state index in [2.05, 4.69) is 15.0 Å². The molecule has 0 saturated heterocycles. The van der Waals surface area contributed by atoms with Crippen LogP contribution >= 0.6 is 0 Å². The number of methoxy groups -OCH3 is 1. The van der Waals surface area contributed by atoms with Gasteiger partial charge in [-0.1, -0.05) is 0 Å². The smallest absolute Gasteiger partial charge is 0.496 e. The minimum Gasteiger partial charge on any atom is -0.496 e. The minimum absolute atomic E-state index is 0. The summed E-state index contributed by atoms with van der Waals surface area (Å²) in [5.74, 6) is 1.03. The average molecular weight is 391 g/mol. The Morgan fingerprint density at radius 2 is 2.00 bits per heavy atom. The molecule has 1 N–H and O–H groups in total. The Morgan fingerprint density at radius 3 is 2.74 bits per heavy atom. The Morgan fingerprint density at radius 1 is 1.22 bits per heavy atom. The summed E-state index contributed by atoms with van der Waals surface area (Å²) in [6.45, 7) is 1.92. The van der Waals surface area contributed by atoms with Crippen LogP contribution in [0.15, 0.2) is 60.1 Å². The molecule has 27 heavy (non-hydrogen) atoms. The zero-order valence-electron chi connectivity index (χ0n) is 15.2. The van der Waals surface area contributed by atoms with Crippen LogP contribution in [0, 0.1) is 6.92 Å². The molecule has 0 bridgehead atoms. The van der Waals surface area contributed by atoms with E-state index in [1.54, 1.807) is 19.4 Å². The van der Waals surface area contributed by atoms with Gasteiger partial charge in [0.05, 0.1) is 40.4 Å². The second-order valence-electron chi connectivity index (χ2n) is 5.91. The van der Waals surface area contributed by atoms with Gasteiger partial charge in [-0.15, -0.1) is 0 Å². The van der Waals surface area contributed by atoms with Gasteiger partial charge in [-0.25, -0.2) is 4.98 Å². The maximum Gasteiger partial charge on any atom is 2.00 e. The van der Waals surface area contributed by atoms with Crippen LogP contribution in [0.3, 0.4) is 0 Å². The fraction of sp³-hybridized carbons (Fsp3) is 0.158. The summed E-state index contributed by atoms with van der Waals surface area (Å²) < 4.78 is 20.1. The van der Waals surface area contributed by atoms with Gasteiger partial charge in [-0.3, -0.25) is 9.19 Å². The normalized spacial score (nSPS) is 11.9. The fourth-order valence-corrected chi connectivity index (χ4v) is 3.97. The van der Waals surface area contributed by atoms with Gasteiger partial charge < -0.3 is 14.3 Å². The minimum atomic E-state index is -1.32. The van der Waals surface area contributed by atoms with E-state index in [1.165, 1.54) is 0 Å². The molecule has 132 valence electrons. The Bertz CT molecular complexity index is 1090. The molecule has 4 rings (SSSR count). The van der Waals surface area contributed by atoms with Gasteiger partial charge >= 0.3 is 23.1 Å². The number of fused-ring (bicyclic) bond motifs is 1. The molecule has 3 heterocycles. The van der Waals surface area contributed by atoms with E-state index in [0.29, 0.717) is 5.16 Å². The second kappa shape index (κ2) is 8.24. The summed E-state index contributed by atoms with van der Waals surface area (Å²) in [5, 5.41) is 0.452. The number of ether oxygens (including phenoxy) is 1. The molecular formula is C19H18MgN4O2S+2. The van der Waals surface area contributed by atoms with Crippen molar-refractivity contribution in [3.05, 3.63) is 66.2 Å². The van der Waals surface area contributed by atoms with Crippen molar-refractivity contribution in [1.29, 1.82) is 0 Å². The molecule has 1 atom stereocenters. The molecule has 0 fully saturated rings. The van der Waals surface area contributed by atoms with Crippen LogP contribution in [0.25, 0.3) is 16.7 Å². The van der Waals surface area contributed by atoms with Crippen LogP contribution in [0.1, 0.15) is 11.3 Å². The summed E-state index contributed by atoms with van der Waals surface area (Å²) in [5.41, 5.74) is 4.31. The van der Waals surface area contributed by atoms with E-state index in [1.807, 2.05) is 54.2 Å². The van der Waals surface area contributed by atoms with Gasteiger partial charge in [0.15, 0.2) is 5.16 Å². The third-order valence-electron chi connectivity index (χ3n) is 4.31. The number of hydrogen-bond acceptors (Lipinski definition) is 4. The van der Waals surface area contributed by atoms with E-state index in [4.69, 9.17) is 4.74 Å². The molecule has 6 nitrogen and oxygen atoms in total. The van der Waals surface area contributed by atoms with Gasteiger partial charge in [-0.2, -0.15) is 0 Å². The quantitative estimate of drug-likeness (QED) is 0.532. The van der Waals surface area contributed by atoms with Crippen molar-refractivity contribution in [1.82, 2.24) is 19.5 Å². The predicted octanol–water partition coefficient (Wildman–Crippen LogP) is 2.99. The largest absolute Gasteiger partial charge is 2.00 e. The number of nitrogens with one attached hydrogen (secondary N) is 1. The molecule has 8 heteroatoms. The standard InChI is InChI=1S/C19H18N4O2S.Mg/c1-13-17(20-8-7-18(13)25-2)12-26(24)19-21-15-6-5-14(11-16(15)22-19)23-9-3-4-10-23;/h3-11H,12H2,1-2H3,(H,21,22);/q;+2. The summed E-state index contributed by atoms with van der Waals surface area (Å²) in [4.78, 5) is 12.0. The fourth-order valence-electron chi connectivity index (χ4n) is 2.87. The van der Waals surface area contributed by atoms with Gasteiger partial charge in [0.25, 0.3) is 0 Å². The summed E-state index contributed by atoms with van der Waals surface area (Å²) in [6.07, 6.45) is 5.63. The van der Waals surface area contributed by atoms with Crippen molar-refractivity contribution in [3.63, 3.8) is 0 Å². The van der Waals surface area contributed by atoms with Crippen molar-refractivity contribution >= 4 is 44.9 Å². The number of aromatic amines is 1. The van der Waals surface area contributed by atoms with E-state index >= 15 is 0 Å². The molecular weight excluding hydrogens is 373 g/mol. The molecule has 3 aromatic heterocycles. The molecule has 0 radical (unpaired) electrons. The number of hydrogen-bond donors (Lipinski definition) is 1. The molecule has 1 unspecified atom stereocenters. The first kappa shape index (κ1) is 19.6. The van der Waals surface area contributed by atoms with Crippen LogP contribution in [0.2, 0.25) is 0 Å². The van der Waals surface area contributed by atoms with Crippen LogP contribution in [0.4, 0.5) is 0 Å². The number of pyridine rings is 1. The monoisotopic (exact) mass is 390 g/mol. The SMILES string of the molecule is COc1ccnc(CS(=O)c2nc3ccc(-n4cccc4)cc3[nH]2)c1C.[Mg+2]. The number of rotatable bonds is 5. The maximum absolute atomic E-state index is 12.8. The van der Waals surface area contributed by atoms with Gasteiger partial charge in [0.2, 0.25) is 0 Å². The van der Waals surface area contributed by atoms with Crippen molar-refractivity contribution < 1.29 is 8.95 Å². The second-order valence-corrected chi connectivity index (χ2v) is 7.27. The molecule has 4 aromatic rings. The first-order chi connectivity index (χ1) is 12.7. The maximum atomic E-state index is 12.8. The molecule has 0 aliphatic rings. The Hall–Kier alpha value is -2.16. The summed E-state index contributed by atoms with van der Waals surface area (Å²) >= 11 is 0. The van der Waals surface area contributed by atoms with Crippen LogP contribution < -0.4 is 4.74 Å². The van der Waals surface area contributed by atoms with Crippen molar-refractivity contribution in [2.45, 2.75) is 17.8 Å². The number of imidazole rings is 1. The number of nitrogens with zero attached hydrogens (tertiary/aromatic N) is 3. The third-order valence-corrected chi connectivity index (χ3v) is 5.47. The van der Waals surface area contributed by atoms with Gasteiger partial charge in [0.1, 0.15) is 5.75 Å². The third kappa shape index (κ3) is 3.92. The Labute approximate surface area is 175 Å². The van der Waals surface area contributed by atoms with Crippen LogP contribution in [0.5, 0.6) is 5.75 Å². The first-order valence-corrected chi connectivity index (χ1v) is 9.47. The molecule has 1 aromatic carbocycles. The average Bonchev–Trinajstić information content (AvgIpc) is 3.32. The Balaban J connectivity index is 0.00000210. The van der Waals surface area contributed by atoms with E-state index < -0.39 is 10.8 Å². The molecule has 0 aliphatic carbocycles. The molecule has 0 saturated carbocycles. The van der Waals surface area contributed by atoms with Crippen molar-refractivity contribution in [2.75, 3.05) is 7.11 Å². The predicted molar refractivity (Wildman–Crippen MR) is 107 cm³/mol. The van der Waals surface area contributed by atoms with Crippen molar-refractivity contribution in [3.8, 4) is 11.4 Å². The van der Waals surface area contributed by atoms with Gasteiger partial charge in [0, 0.05) is 29.8 Å². The van der Waals surface area contributed by atoms with E-state index in [-0.39, 0.29) is 28.8 Å². The van der Waals surface area contributed by atoms with Crippen LogP contribution in [-0.2, 0) is 16.6 Å². The van der Waals surface area contributed by atoms with E-state index in [9.17, 15) is 4.21 Å². The zero-order chi connectivity index (χ0) is 18.1. The summed E-state index contributed by atoms with van der Waals surface area (Å²) in [7, 11) is 0.293. The molecule has 0 spiro atoms. The summed E-state index contributed by atoms with van der Waals surface area (Å²) in [6, 6.07) is 11.7. The first-order valence-electron chi connectivity index (χ1n) is 8.15. The number of aromatic nitrogens is 4. The molecule has 0 amide bonds. The van der Waals surface area contributed by atoms with E-state index in [0.717, 1.165) is 33.7 Å². The zero-order valence-corrected chi connectivity index (χ0v) is 17.4. The topological polar surface area (TPSA) is 72.8 Å². The molecule has 0 aliphatic heterocycles. The van der Waals surface area contributed by atoms with Gasteiger partial charge in [-0.05, 0) is 43.3 Å². The number of H-pyrrole nitrogens is 1. The number of benzene rings is 1. The van der Waals surface area contributed by atoms with Crippen LogP contribution in [-0.4, -0.2) is 53.9 Å². The van der Waals surface area contributed by atoms with Crippen molar-refractivity contribution in [2.24, 2.45) is 0 Å².